The zero-order valence-corrected chi connectivity index (χ0v) is 20.4. The van der Waals surface area contributed by atoms with E-state index in [1.54, 1.807) is 18.2 Å². The number of rotatable bonds is 8. The zero-order valence-electron chi connectivity index (χ0n) is 19.6. The fourth-order valence-corrected chi connectivity index (χ4v) is 5.03. The molecule has 0 unspecified atom stereocenters. The number of hydrogen-bond acceptors (Lipinski definition) is 5. The van der Waals surface area contributed by atoms with Crippen molar-refractivity contribution in [3.05, 3.63) is 59.2 Å². The number of esters is 1. The maximum atomic E-state index is 12.7. The van der Waals surface area contributed by atoms with Gasteiger partial charge in [0.15, 0.2) is 6.61 Å². The summed E-state index contributed by atoms with van der Waals surface area (Å²) in [5.41, 5.74) is 2.98. The van der Waals surface area contributed by atoms with E-state index in [1.807, 2.05) is 50.1 Å². The summed E-state index contributed by atoms with van der Waals surface area (Å²) in [5.74, 6) is -0.661. The Labute approximate surface area is 200 Å². The quantitative estimate of drug-likeness (QED) is 0.437. The molecule has 0 spiro atoms. The third-order valence-corrected chi connectivity index (χ3v) is 7.11. The second-order valence-corrected chi connectivity index (χ2v) is 9.49. The average molecular weight is 469 g/mol. The van der Waals surface area contributed by atoms with Gasteiger partial charge in [0.2, 0.25) is 5.91 Å². The van der Waals surface area contributed by atoms with Gasteiger partial charge in [-0.3, -0.25) is 9.59 Å². The number of thioether (sulfide) groups is 1. The van der Waals surface area contributed by atoms with Crippen molar-refractivity contribution in [2.45, 2.75) is 56.9 Å². The monoisotopic (exact) mass is 468 g/mol. The third-order valence-electron chi connectivity index (χ3n) is 6.05. The fourth-order valence-electron chi connectivity index (χ4n) is 4.07. The molecule has 1 N–H and O–H groups in total. The van der Waals surface area contributed by atoms with Crippen molar-refractivity contribution in [3.8, 4) is 0 Å². The molecule has 0 saturated heterocycles. The van der Waals surface area contributed by atoms with Gasteiger partial charge in [0.1, 0.15) is 0 Å². The summed E-state index contributed by atoms with van der Waals surface area (Å²) in [4.78, 5) is 40.2. The molecule has 6 nitrogen and oxygen atoms in total. The maximum Gasteiger partial charge on any atom is 0.339 e. The number of hydrogen-bond donors (Lipinski definition) is 1. The van der Waals surface area contributed by atoms with Gasteiger partial charge >= 0.3 is 5.97 Å². The van der Waals surface area contributed by atoms with Crippen LogP contribution in [-0.2, 0) is 14.3 Å². The molecule has 0 aromatic heterocycles. The summed E-state index contributed by atoms with van der Waals surface area (Å²) in [6.07, 6.45) is 5.69. The SMILES string of the molecule is Cc1cccc(C)c1NC(=O)COC(=O)c1ccccc1SCC(=O)N(C)C1CCCCC1. The van der Waals surface area contributed by atoms with Crippen LogP contribution in [0.15, 0.2) is 47.4 Å². The smallest absolute Gasteiger partial charge is 0.339 e. The van der Waals surface area contributed by atoms with E-state index in [9.17, 15) is 14.4 Å². The number of benzene rings is 2. The lowest BCUT2D eigenvalue weighted by atomic mass is 9.94. The molecule has 2 aromatic rings. The zero-order chi connectivity index (χ0) is 23.8. The van der Waals surface area contributed by atoms with Gasteiger partial charge in [0, 0.05) is 23.7 Å². The van der Waals surface area contributed by atoms with E-state index in [1.165, 1.54) is 31.0 Å². The summed E-state index contributed by atoms with van der Waals surface area (Å²) in [7, 11) is 1.87. The van der Waals surface area contributed by atoms with Crippen molar-refractivity contribution in [3.63, 3.8) is 0 Å². The molecular weight excluding hydrogens is 436 g/mol. The van der Waals surface area contributed by atoms with Crippen LogP contribution in [0.2, 0.25) is 0 Å². The molecule has 1 aliphatic rings. The van der Waals surface area contributed by atoms with Crippen molar-refractivity contribution in [1.82, 2.24) is 4.90 Å². The van der Waals surface area contributed by atoms with Crippen molar-refractivity contribution < 1.29 is 19.1 Å². The second-order valence-electron chi connectivity index (χ2n) is 8.47. The lowest BCUT2D eigenvalue weighted by Crippen LogP contribution is -2.39. The Morgan fingerprint density at radius 3 is 2.36 bits per heavy atom. The maximum absolute atomic E-state index is 12.7. The number of carbonyl (C=O) groups is 3. The highest BCUT2D eigenvalue weighted by atomic mass is 32.2. The molecule has 0 heterocycles. The topological polar surface area (TPSA) is 75.7 Å². The van der Waals surface area contributed by atoms with Crippen LogP contribution < -0.4 is 5.32 Å². The molecule has 1 aliphatic carbocycles. The summed E-state index contributed by atoms with van der Waals surface area (Å²) in [6, 6.07) is 13.1. The molecule has 3 rings (SSSR count). The minimum absolute atomic E-state index is 0.0584. The minimum atomic E-state index is -0.581. The summed E-state index contributed by atoms with van der Waals surface area (Å²) >= 11 is 1.32. The van der Waals surface area contributed by atoms with Crippen LogP contribution in [0.5, 0.6) is 0 Å². The van der Waals surface area contributed by atoms with Gasteiger partial charge in [-0.15, -0.1) is 11.8 Å². The molecule has 0 bridgehead atoms. The highest BCUT2D eigenvalue weighted by Crippen LogP contribution is 2.26. The lowest BCUT2D eigenvalue weighted by Gasteiger charge is -2.31. The predicted octanol–water partition coefficient (Wildman–Crippen LogP) is 4.98. The summed E-state index contributed by atoms with van der Waals surface area (Å²) < 4.78 is 5.27. The first kappa shape index (κ1) is 24.8. The van der Waals surface area contributed by atoms with Crippen molar-refractivity contribution in [2.24, 2.45) is 0 Å². The Hall–Kier alpha value is -2.80. The number of anilines is 1. The van der Waals surface area contributed by atoms with Gasteiger partial charge in [-0.25, -0.2) is 4.79 Å². The van der Waals surface area contributed by atoms with Gasteiger partial charge in [0.05, 0.1) is 11.3 Å². The van der Waals surface area contributed by atoms with E-state index in [0.29, 0.717) is 16.5 Å². The minimum Gasteiger partial charge on any atom is -0.452 e. The van der Waals surface area contributed by atoms with E-state index in [0.717, 1.165) is 29.7 Å². The predicted molar refractivity (Wildman–Crippen MR) is 132 cm³/mol. The second kappa shape index (κ2) is 11.9. The van der Waals surface area contributed by atoms with Crippen LogP contribution in [0.4, 0.5) is 5.69 Å². The van der Waals surface area contributed by atoms with Gasteiger partial charge in [-0.2, -0.15) is 0 Å². The van der Waals surface area contributed by atoms with Crippen LogP contribution in [0, 0.1) is 13.8 Å². The van der Waals surface area contributed by atoms with E-state index in [4.69, 9.17) is 4.74 Å². The standard InChI is InChI=1S/C26H32N2O4S/c1-18-10-9-11-19(2)25(18)27-23(29)16-32-26(31)21-14-7-8-15-22(21)33-17-24(30)28(3)20-12-5-4-6-13-20/h7-11,14-15,20H,4-6,12-13,16-17H2,1-3H3,(H,27,29). The summed E-state index contributed by atoms with van der Waals surface area (Å²) in [6.45, 7) is 3.44. The molecule has 0 atom stereocenters. The van der Waals surface area contributed by atoms with Crippen LogP contribution in [-0.4, -0.2) is 48.1 Å². The normalized spacial score (nSPS) is 13.9. The summed E-state index contributed by atoms with van der Waals surface area (Å²) in [5, 5.41) is 2.81. The highest BCUT2D eigenvalue weighted by Gasteiger charge is 2.23. The van der Waals surface area contributed by atoms with Crippen LogP contribution >= 0.6 is 11.8 Å². The van der Waals surface area contributed by atoms with Crippen LogP contribution in [0.25, 0.3) is 0 Å². The number of para-hydroxylation sites is 1. The lowest BCUT2D eigenvalue weighted by molar-refractivity contribution is -0.129. The van der Waals surface area contributed by atoms with Crippen LogP contribution in [0.3, 0.4) is 0 Å². The highest BCUT2D eigenvalue weighted by molar-refractivity contribution is 8.00. The molecular formula is C26H32N2O4S. The third kappa shape index (κ3) is 6.84. The van der Waals surface area contributed by atoms with E-state index < -0.39 is 11.9 Å². The van der Waals surface area contributed by atoms with E-state index in [2.05, 4.69) is 5.32 Å². The molecule has 0 radical (unpaired) electrons. The Morgan fingerprint density at radius 2 is 1.67 bits per heavy atom. The number of carbonyl (C=O) groups excluding carboxylic acids is 3. The Kier molecular flexibility index (Phi) is 8.95. The molecule has 176 valence electrons. The number of aryl methyl sites for hydroxylation is 2. The number of nitrogens with one attached hydrogen (secondary N) is 1. The van der Waals surface area contributed by atoms with Crippen LogP contribution in [0.1, 0.15) is 53.6 Å². The molecule has 2 aromatic carbocycles. The van der Waals surface area contributed by atoms with Crippen molar-refractivity contribution >= 4 is 35.2 Å². The molecule has 2 amide bonds. The Morgan fingerprint density at radius 1 is 1.00 bits per heavy atom. The van der Waals surface area contributed by atoms with Gasteiger partial charge < -0.3 is 15.0 Å². The largest absolute Gasteiger partial charge is 0.452 e. The Balaban J connectivity index is 1.55. The molecule has 1 fully saturated rings. The average Bonchev–Trinajstić information content (AvgIpc) is 2.83. The number of ether oxygens (including phenoxy) is 1. The van der Waals surface area contributed by atoms with Crippen molar-refractivity contribution in [2.75, 3.05) is 24.7 Å². The molecule has 0 aliphatic heterocycles. The first-order valence-electron chi connectivity index (χ1n) is 11.4. The number of nitrogens with zero attached hydrogens (tertiary/aromatic N) is 1. The van der Waals surface area contributed by atoms with E-state index >= 15 is 0 Å². The molecule has 7 heteroatoms. The van der Waals surface area contributed by atoms with Crippen molar-refractivity contribution in [1.29, 1.82) is 0 Å². The fraction of sp³-hybridized carbons (Fsp3) is 0.423. The van der Waals surface area contributed by atoms with Gasteiger partial charge in [-0.05, 0) is 49.9 Å². The Bertz CT molecular complexity index is 981. The van der Waals surface area contributed by atoms with E-state index in [-0.39, 0.29) is 18.3 Å². The number of amides is 2. The first-order valence-corrected chi connectivity index (χ1v) is 12.4. The molecule has 33 heavy (non-hydrogen) atoms. The van der Waals surface area contributed by atoms with Gasteiger partial charge in [0.25, 0.3) is 5.91 Å². The molecule has 1 saturated carbocycles. The van der Waals surface area contributed by atoms with Gasteiger partial charge in [-0.1, -0.05) is 49.6 Å². The first-order chi connectivity index (χ1) is 15.9.